The molecular formula is C17H15FN4O. The number of H-pyrrole nitrogens is 1. The van der Waals surface area contributed by atoms with Crippen LogP contribution in [0.4, 0.5) is 4.39 Å². The van der Waals surface area contributed by atoms with E-state index in [1.807, 2.05) is 27.0 Å². The first-order chi connectivity index (χ1) is 11.0. The highest BCUT2D eigenvalue weighted by atomic mass is 19.1. The minimum atomic E-state index is -0.399. The summed E-state index contributed by atoms with van der Waals surface area (Å²) in [4.78, 5) is 7.28. The number of aromatic amines is 1. The molecule has 4 aromatic rings. The second-order valence-electron chi connectivity index (χ2n) is 5.69. The summed E-state index contributed by atoms with van der Waals surface area (Å²) in [5.41, 5.74) is 4.48. The smallest absolute Gasteiger partial charge is 0.247 e. The Morgan fingerprint density at radius 1 is 1.22 bits per heavy atom. The van der Waals surface area contributed by atoms with Gasteiger partial charge >= 0.3 is 0 Å². The molecule has 0 aliphatic rings. The number of rotatable bonds is 2. The van der Waals surface area contributed by atoms with E-state index in [2.05, 4.69) is 15.1 Å². The molecule has 6 heteroatoms. The first kappa shape index (κ1) is 13.8. The zero-order valence-electron chi connectivity index (χ0n) is 13.0. The number of aromatic nitrogens is 4. The van der Waals surface area contributed by atoms with Crippen molar-refractivity contribution in [2.75, 3.05) is 0 Å². The van der Waals surface area contributed by atoms with Crippen molar-refractivity contribution in [2.24, 2.45) is 0 Å². The van der Waals surface area contributed by atoms with Gasteiger partial charge in [-0.15, -0.1) is 0 Å². The first-order valence-electron chi connectivity index (χ1n) is 7.30. The summed E-state index contributed by atoms with van der Waals surface area (Å²) in [6, 6.07) is 5.17. The van der Waals surface area contributed by atoms with Crippen LogP contribution in [-0.4, -0.2) is 19.6 Å². The molecule has 1 aromatic carbocycles. The molecule has 0 atom stereocenters. The van der Waals surface area contributed by atoms with Gasteiger partial charge in [-0.1, -0.05) is 0 Å². The van der Waals surface area contributed by atoms with E-state index in [1.165, 1.54) is 6.33 Å². The molecule has 5 nitrogen and oxygen atoms in total. The third-order valence-electron chi connectivity index (χ3n) is 4.09. The average molecular weight is 310 g/mol. The SMILES string of the molecule is Cc1cc2c(F)c(Oc3ncnn4cc(C)c(C)c34)ccc2[nH]1. The Kier molecular flexibility index (Phi) is 2.87. The molecule has 0 unspecified atom stereocenters. The number of nitrogens with one attached hydrogen (secondary N) is 1. The minimum absolute atomic E-state index is 0.148. The van der Waals surface area contributed by atoms with Gasteiger partial charge in [-0.2, -0.15) is 10.1 Å². The molecule has 3 aromatic heterocycles. The number of aryl methyl sites for hydroxylation is 3. The van der Waals surface area contributed by atoms with Crippen LogP contribution in [-0.2, 0) is 0 Å². The van der Waals surface area contributed by atoms with Crippen LogP contribution in [0.1, 0.15) is 16.8 Å². The molecule has 0 aliphatic carbocycles. The van der Waals surface area contributed by atoms with Crippen LogP contribution >= 0.6 is 0 Å². The fourth-order valence-electron chi connectivity index (χ4n) is 2.79. The van der Waals surface area contributed by atoms with Crippen molar-refractivity contribution in [3.8, 4) is 11.6 Å². The molecule has 0 saturated carbocycles. The molecule has 0 amide bonds. The van der Waals surface area contributed by atoms with Gasteiger partial charge in [0.2, 0.25) is 5.88 Å². The normalized spacial score (nSPS) is 11.5. The lowest BCUT2D eigenvalue weighted by Gasteiger charge is -2.08. The molecule has 3 heterocycles. The lowest BCUT2D eigenvalue weighted by Crippen LogP contribution is -1.98. The van der Waals surface area contributed by atoms with Crippen molar-refractivity contribution < 1.29 is 9.13 Å². The van der Waals surface area contributed by atoms with Crippen molar-refractivity contribution in [3.05, 3.63) is 53.4 Å². The van der Waals surface area contributed by atoms with Gasteiger partial charge < -0.3 is 9.72 Å². The largest absolute Gasteiger partial charge is 0.434 e. The predicted molar refractivity (Wildman–Crippen MR) is 85.5 cm³/mol. The van der Waals surface area contributed by atoms with Gasteiger partial charge in [0, 0.05) is 22.8 Å². The van der Waals surface area contributed by atoms with Gasteiger partial charge in [-0.05, 0) is 50.1 Å². The maximum absolute atomic E-state index is 14.7. The Labute approximate surface area is 131 Å². The predicted octanol–water partition coefficient (Wildman–Crippen LogP) is 4.07. The van der Waals surface area contributed by atoms with Crippen molar-refractivity contribution >= 4 is 16.4 Å². The molecule has 116 valence electrons. The molecule has 0 saturated heterocycles. The van der Waals surface area contributed by atoms with Gasteiger partial charge in [-0.25, -0.2) is 8.91 Å². The van der Waals surface area contributed by atoms with Crippen LogP contribution in [0, 0.1) is 26.6 Å². The Bertz CT molecular complexity index is 1050. The average Bonchev–Trinajstić information content (AvgIpc) is 3.04. The first-order valence-corrected chi connectivity index (χ1v) is 7.30. The van der Waals surface area contributed by atoms with E-state index in [0.29, 0.717) is 11.3 Å². The molecule has 4 rings (SSSR count). The molecule has 1 N–H and O–H groups in total. The van der Waals surface area contributed by atoms with E-state index in [4.69, 9.17) is 4.74 Å². The topological polar surface area (TPSA) is 55.2 Å². The highest BCUT2D eigenvalue weighted by Gasteiger charge is 2.16. The number of ether oxygens (including phenoxy) is 1. The van der Waals surface area contributed by atoms with Crippen molar-refractivity contribution in [3.63, 3.8) is 0 Å². The Balaban J connectivity index is 1.86. The minimum Gasteiger partial charge on any atom is -0.434 e. The summed E-state index contributed by atoms with van der Waals surface area (Å²) in [7, 11) is 0. The van der Waals surface area contributed by atoms with Crippen LogP contribution in [0.2, 0.25) is 0 Å². The summed E-state index contributed by atoms with van der Waals surface area (Å²) in [6.45, 7) is 5.85. The van der Waals surface area contributed by atoms with Crippen LogP contribution in [0.3, 0.4) is 0 Å². The fraction of sp³-hybridized carbons (Fsp3) is 0.176. The van der Waals surface area contributed by atoms with E-state index in [9.17, 15) is 4.39 Å². The molecule has 0 spiro atoms. The van der Waals surface area contributed by atoms with Gasteiger partial charge in [-0.3, -0.25) is 0 Å². The van der Waals surface area contributed by atoms with Crippen LogP contribution in [0.15, 0.2) is 30.7 Å². The lowest BCUT2D eigenvalue weighted by atomic mass is 10.2. The van der Waals surface area contributed by atoms with Crippen LogP contribution < -0.4 is 4.74 Å². The number of halogens is 1. The number of hydrogen-bond acceptors (Lipinski definition) is 3. The highest BCUT2D eigenvalue weighted by Crippen LogP contribution is 2.32. The van der Waals surface area contributed by atoms with E-state index >= 15 is 0 Å². The Morgan fingerprint density at radius 3 is 2.87 bits per heavy atom. The third-order valence-corrected chi connectivity index (χ3v) is 4.09. The van der Waals surface area contributed by atoms with Crippen molar-refractivity contribution in [2.45, 2.75) is 20.8 Å². The summed E-state index contributed by atoms with van der Waals surface area (Å²) in [6.07, 6.45) is 3.30. The van der Waals surface area contributed by atoms with Crippen molar-refractivity contribution in [1.29, 1.82) is 0 Å². The maximum Gasteiger partial charge on any atom is 0.247 e. The van der Waals surface area contributed by atoms with Crippen LogP contribution in [0.25, 0.3) is 16.4 Å². The zero-order chi connectivity index (χ0) is 16.1. The molecular weight excluding hydrogens is 295 g/mol. The fourth-order valence-corrected chi connectivity index (χ4v) is 2.79. The monoisotopic (exact) mass is 310 g/mol. The standard InChI is InChI=1S/C17H15FN4O/c1-9-7-22-16(11(9)3)17(19-8-20-22)23-14-5-4-13-12(15(14)18)6-10(2)21-13/h4-8,21H,1-3H3. The van der Waals surface area contributed by atoms with E-state index in [0.717, 1.165) is 27.9 Å². The van der Waals surface area contributed by atoms with Gasteiger partial charge in [0.05, 0.1) is 0 Å². The maximum atomic E-state index is 14.7. The second-order valence-corrected chi connectivity index (χ2v) is 5.69. The Morgan fingerprint density at radius 2 is 2.04 bits per heavy atom. The molecule has 0 aliphatic heterocycles. The third kappa shape index (κ3) is 2.06. The highest BCUT2D eigenvalue weighted by molar-refractivity contribution is 5.83. The molecule has 0 radical (unpaired) electrons. The van der Waals surface area contributed by atoms with E-state index in [-0.39, 0.29) is 5.75 Å². The van der Waals surface area contributed by atoms with E-state index in [1.54, 1.807) is 22.7 Å². The Hall–Kier alpha value is -2.89. The summed E-state index contributed by atoms with van der Waals surface area (Å²) in [5, 5.41) is 4.68. The zero-order valence-corrected chi connectivity index (χ0v) is 13.0. The molecule has 0 bridgehead atoms. The van der Waals surface area contributed by atoms with Gasteiger partial charge in [0.15, 0.2) is 11.6 Å². The summed E-state index contributed by atoms with van der Waals surface area (Å²) >= 11 is 0. The van der Waals surface area contributed by atoms with Crippen molar-refractivity contribution in [1.82, 2.24) is 19.6 Å². The van der Waals surface area contributed by atoms with E-state index < -0.39 is 5.82 Å². The second kappa shape index (κ2) is 4.81. The van der Waals surface area contributed by atoms with Gasteiger partial charge in [0.1, 0.15) is 11.8 Å². The number of nitrogens with zero attached hydrogens (tertiary/aromatic N) is 3. The van der Waals surface area contributed by atoms with Gasteiger partial charge in [0.25, 0.3) is 0 Å². The number of fused-ring (bicyclic) bond motifs is 2. The number of hydrogen-bond donors (Lipinski definition) is 1. The molecule has 23 heavy (non-hydrogen) atoms. The molecule has 0 fully saturated rings. The van der Waals surface area contributed by atoms with Crippen LogP contribution in [0.5, 0.6) is 11.6 Å². The lowest BCUT2D eigenvalue weighted by molar-refractivity contribution is 0.431. The summed E-state index contributed by atoms with van der Waals surface area (Å²) in [5.74, 6) is 0.0935. The summed E-state index contributed by atoms with van der Waals surface area (Å²) < 4.78 is 22.2. The number of benzene rings is 1. The quantitative estimate of drug-likeness (QED) is 0.607.